The van der Waals surface area contributed by atoms with E-state index in [-0.39, 0.29) is 12.5 Å². The number of halogens is 1. The van der Waals surface area contributed by atoms with Crippen molar-refractivity contribution in [1.82, 2.24) is 19.6 Å². The topological polar surface area (TPSA) is 61.5 Å². The van der Waals surface area contributed by atoms with E-state index in [1.165, 1.54) is 0 Å². The van der Waals surface area contributed by atoms with Gasteiger partial charge in [-0.05, 0) is 46.7 Å². The van der Waals surface area contributed by atoms with Crippen molar-refractivity contribution in [2.24, 2.45) is 0 Å². The van der Waals surface area contributed by atoms with Crippen LogP contribution in [0.5, 0.6) is 17.4 Å². The summed E-state index contributed by atoms with van der Waals surface area (Å²) in [6, 6.07) is 30.1. The van der Waals surface area contributed by atoms with Gasteiger partial charge in [-0.2, -0.15) is 0 Å². The molecule has 0 N–H and O–H groups in total. The number of hydrogen-bond acceptors (Lipinski definition) is 5. The summed E-state index contributed by atoms with van der Waals surface area (Å²) in [7, 11) is 0. The number of nitrogens with zero attached hydrogens (tertiary/aromatic N) is 4. The third-order valence-electron chi connectivity index (χ3n) is 6.46. The largest absolute Gasteiger partial charge is 0.486 e. The van der Waals surface area contributed by atoms with Gasteiger partial charge in [0.2, 0.25) is 5.88 Å². The standard InChI is InChI=1S/C29H19ClN4O2/c30-20-11-13-21(14-12-20)35-16-24-32-28-27-25(19-7-2-1-3-8-19)26-22-9-5-4-6-18(22)10-15-23(26)36-29(27)31-17-34(28)33-24/h1-15,17,25H,16H2. The van der Waals surface area contributed by atoms with Crippen LogP contribution in [0, 0.1) is 0 Å². The first-order valence-corrected chi connectivity index (χ1v) is 12.0. The highest BCUT2D eigenvalue weighted by atomic mass is 35.5. The molecule has 0 saturated carbocycles. The lowest BCUT2D eigenvalue weighted by Gasteiger charge is -2.29. The lowest BCUT2D eigenvalue weighted by molar-refractivity contribution is 0.296. The molecule has 0 radical (unpaired) electrons. The zero-order valence-electron chi connectivity index (χ0n) is 19.0. The molecule has 0 fully saturated rings. The third-order valence-corrected chi connectivity index (χ3v) is 6.71. The Kier molecular flexibility index (Phi) is 4.85. The lowest BCUT2D eigenvalue weighted by atomic mass is 9.81. The Morgan fingerprint density at radius 2 is 1.67 bits per heavy atom. The SMILES string of the molecule is Clc1ccc(OCc2nc3c4c(ncn3n2)Oc2ccc3ccccc3c2C4c2ccccc2)cc1. The first-order chi connectivity index (χ1) is 17.7. The Morgan fingerprint density at radius 3 is 2.53 bits per heavy atom. The molecule has 7 rings (SSSR count). The van der Waals surface area contributed by atoms with Crippen molar-refractivity contribution in [2.75, 3.05) is 0 Å². The first kappa shape index (κ1) is 20.9. The molecule has 6 aromatic rings. The Balaban J connectivity index is 1.39. The van der Waals surface area contributed by atoms with Crippen molar-refractivity contribution in [3.8, 4) is 17.4 Å². The quantitative estimate of drug-likeness (QED) is 0.271. The lowest BCUT2D eigenvalue weighted by Crippen LogP contribution is -2.15. The number of fused-ring (bicyclic) bond motifs is 6. The maximum atomic E-state index is 6.36. The molecule has 0 amide bonds. The molecule has 0 aliphatic carbocycles. The molecular formula is C29H19ClN4O2. The Hall–Kier alpha value is -4.42. The molecule has 36 heavy (non-hydrogen) atoms. The molecule has 2 aromatic heterocycles. The molecule has 7 heteroatoms. The van der Waals surface area contributed by atoms with Crippen LogP contribution in [0.4, 0.5) is 0 Å². The van der Waals surface area contributed by atoms with Crippen LogP contribution in [-0.4, -0.2) is 19.6 Å². The summed E-state index contributed by atoms with van der Waals surface area (Å²) < 4.78 is 14.0. The van der Waals surface area contributed by atoms with Crippen LogP contribution in [0.2, 0.25) is 5.02 Å². The van der Waals surface area contributed by atoms with E-state index in [1.807, 2.05) is 24.3 Å². The van der Waals surface area contributed by atoms with Crippen LogP contribution in [0.3, 0.4) is 0 Å². The molecule has 0 spiro atoms. The van der Waals surface area contributed by atoms with E-state index in [0.717, 1.165) is 33.2 Å². The van der Waals surface area contributed by atoms with Crippen molar-refractivity contribution in [3.05, 3.63) is 125 Å². The number of rotatable bonds is 4. The highest BCUT2D eigenvalue weighted by Crippen LogP contribution is 2.50. The van der Waals surface area contributed by atoms with Gasteiger partial charge in [-0.15, -0.1) is 5.10 Å². The maximum Gasteiger partial charge on any atom is 0.228 e. The first-order valence-electron chi connectivity index (χ1n) is 11.6. The molecule has 174 valence electrons. The van der Waals surface area contributed by atoms with Gasteiger partial charge in [0.15, 0.2) is 11.5 Å². The Morgan fingerprint density at radius 1 is 0.861 bits per heavy atom. The smallest absolute Gasteiger partial charge is 0.228 e. The third kappa shape index (κ3) is 3.46. The van der Waals surface area contributed by atoms with E-state index in [0.29, 0.717) is 28.1 Å². The normalized spacial score (nSPS) is 14.3. The minimum atomic E-state index is -0.124. The summed E-state index contributed by atoms with van der Waals surface area (Å²) in [5, 5.41) is 7.59. The molecule has 1 unspecified atom stereocenters. The van der Waals surface area contributed by atoms with Gasteiger partial charge in [-0.1, -0.05) is 72.3 Å². The van der Waals surface area contributed by atoms with E-state index in [4.69, 9.17) is 26.1 Å². The monoisotopic (exact) mass is 490 g/mol. The molecule has 3 heterocycles. The second kappa shape index (κ2) is 8.36. The van der Waals surface area contributed by atoms with Crippen molar-refractivity contribution in [2.45, 2.75) is 12.5 Å². The predicted octanol–water partition coefficient (Wildman–Crippen LogP) is 6.80. The number of hydrogen-bond donors (Lipinski definition) is 0. The summed E-state index contributed by atoms with van der Waals surface area (Å²) in [5.74, 6) is 2.47. The fraction of sp³-hybridized carbons (Fsp3) is 0.0690. The molecule has 4 aromatic carbocycles. The van der Waals surface area contributed by atoms with E-state index in [9.17, 15) is 0 Å². The van der Waals surface area contributed by atoms with Crippen LogP contribution in [0.25, 0.3) is 16.4 Å². The number of ether oxygens (including phenoxy) is 2. The number of benzene rings is 4. The van der Waals surface area contributed by atoms with E-state index < -0.39 is 0 Å². The zero-order valence-corrected chi connectivity index (χ0v) is 19.8. The van der Waals surface area contributed by atoms with Crippen LogP contribution in [0.15, 0.2) is 97.3 Å². The van der Waals surface area contributed by atoms with Crippen molar-refractivity contribution < 1.29 is 9.47 Å². The van der Waals surface area contributed by atoms with Crippen LogP contribution >= 0.6 is 11.6 Å². The fourth-order valence-corrected chi connectivity index (χ4v) is 4.99. The van der Waals surface area contributed by atoms with E-state index in [1.54, 1.807) is 23.0 Å². The van der Waals surface area contributed by atoms with Crippen LogP contribution < -0.4 is 9.47 Å². The number of aromatic nitrogens is 4. The molecule has 1 aliphatic heterocycles. The van der Waals surface area contributed by atoms with Gasteiger partial charge in [-0.3, -0.25) is 0 Å². The summed E-state index contributed by atoms with van der Waals surface area (Å²) in [6.07, 6.45) is 1.64. The van der Waals surface area contributed by atoms with E-state index in [2.05, 4.69) is 64.7 Å². The highest BCUT2D eigenvalue weighted by Gasteiger charge is 2.34. The molecule has 6 nitrogen and oxygen atoms in total. The summed E-state index contributed by atoms with van der Waals surface area (Å²) in [5.41, 5.74) is 3.82. The van der Waals surface area contributed by atoms with Crippen molar-refractivity contribution >= 4 is 28.0 Å². The summed E-state index contributed by atoms with van der Waals surface area (Å²) in [6.45, 7) is 0.217. The van der Waals surface area contributed by atoms with Gasteiger partial charge in [0.05, 0.1) is 5.56 Å². The Labute approximate surface area is 211 Å². The van der Waals surface area contributed by atoms with E-state index >= 15 is 0 Å². The second-order valence-electron chi connectivity index (χ2n) is 8.65. The average molecular weight is 491 g/mol. The minimum Gasteiger partial charge on any atom is -0.486 e. The zero-order chi connectivity index (χ0) is 24.1. The molecular weight excluding hydrogens is 472 g/mol. The molecule has 0 bridgehead atoms. The van der Waals surface area contributed by atoms with Crippen LogP contribution in [0.1, 0.15) is 28.4 Å². The molecule has 0 saturated heterocycles. The highest BCUT2D eigenvalue weighted by molar-refractivity contribution is 6.30. The van der Waals surface area contributed by atoms with Gasteiger partial charge in [0, 0.05) is 16.5 Å². The Bertz CT molecular complexity index is 1730. The van der Waals surface area contributed by atoms with Crippen molar-refractivity contribution in [1.29, 1.82) is 0 Å². The fourth-order valence-electron chi connectivity index (χ4n) is 4.87. The van der Waals surface area contributed by atoms with Gasteiger partial charge in [-0.25, -0.2) is 14.5 Å². The van der Waals surface area contributed by atoms with Gasteiger partial charge >= 0.3 is 0 Å². The van der Waals surface area contributed by atoms with Crippen molar-refractivity contribution in [3.63, 3.8) is 0 Å². The van der Waals surface area contributed by atoms with Crippen LogP contribution in [-0.2, 0) is 6.61 Å². The van der Waals surface area contributed by atoms with Gasteiger partial charge in [0.1, 0.15) is 24.4 Å². The van der Waals surface area contributed by atoms with Gasteiger partial charge in [0.25, 0.3) is 0 Å². The average Bonchev–Trinajstić information content (AvgIpc) is 3.35. The predicted molar refractivity (Wildman–Crippen MR) is 138 cm³/mol. The minimum absolute atomic E-state index is 0.124. The van der Waals surface area contributed by atoms with Gasteiger partial charge < -0.3 is 9.47 Å². The molecule has 1 atom stereocenters. The second-order valence-corrected chi connectivity index (χ2v) is 9.08. The summed E-state index contributed by atoms with van der Waals surface area (Å²) >= 11 is 5.98. The maximum absolute atomic E-state index is 6.36. The summed E-state index contributed by atoms with van der Waals surface area (Å²) in [4.78, 5) is 9.49. The molecule has 1 aliphatic rings.